The lowest BCUT2D eigenvalue weighted by molar-refractivity contribution is -1.02. The summed E-state index contributed by atoms with van der Waals surface area (Å²) in [4.78, 5) is 16.7. The quantitative estimate of drug-likeness (QED) is 0.699. The second-order valence-corrected chi connectivity index (χ2v) is 8.49. The largest absolute Gasteiger partial charge is 0.321 e. The Bertz CT molecular complexity index is 791. The number of nitriles is 1. The standard InChI is InChI=1S/C19H21ClN4OS/c1-14(19(25)22-16-4-2-15(12-21)3-5-16)24-10-8-23(9-11-24)13-17-6-7-18(20)26-17/h2-7,14H,8-11,13H2,1H3,(H,22,25)/p+2/t14-/m0/s1. The molecule has 3 N–H and O–H groups in total. The molecule has 5 nitrogen and oxygen atoms in total. The number of amides is 1. The summed E-state index contributed by atoms with van der Waals surface area (Å²) in [6, 6.07) is 13.0. The minimum absolute atomic E-state index is 0.0261. The summed E-state index contributed by atoms with van der Waals surface area (Å²) in [5.41, 5.74) is 1.33. The SMILES string of the molecule is C[C@@H](C(=O)Nc1ccc(C#N)cc1)[NH+]1CC[NH+](Cc2ccc(Cl)s2)CC1. The zero-order valence-electron chi connectivity index (χ0n) is 14.7. The van der Waals surface area contributed by atoms with Gasteiger partial charge in [0.1, 0.15) is 32.7 Å². The molecule has 136 valence electrons. The van der Waals surface area contributed by atoms with Gasteiger partial charge in [0.2, 0.25) is 0 Å². The number of carbonyl (C=O) groups excluding carboxylic acids is 1. The number of quaternary nitrogens is 2. The monoisotopic (exact) mass is 390 g/mol. The molecular weight excluding hydrogens is 368 g/mol. The summed E-state index contributed by atoms with van der Waals surface area (Å²) in [5, 5.41) is 11.8. The fourth-order valence-electron chi connectivity index (χ4n) is 3.29. The number of hydrogen-bond donors (Lipinski definition) is 3. The van der Waals surface area contributed by atoms with Crippen molar-refractivity contribution in [1.82, 2.24) is 0 Å². The number of benzene rings is 1. The van der Waals surface area contributed by atoms with Crippen LogP contribution in [0.15, 0.2) is 36.4 Å². The highest BCUT2D eigenvalue weighted by Gasteiger charge is 2.31. The maximum Gasteiger partial charge on any atom is 0.282 e. The van der Waals surface area contributed by atoms with Crippen molar-refractivity contribution in [3.8, 4) is 6.07 Å². The van der Waals surface area contributed by atoms with E-state index in [0.717, 1.165) is 42.7 Å². The van der Waals surface area contributed by atoms with Gasteiger partial charge in [-0.2, -0.15) is 5.26 Å². The average Bonchev–Trinajstić information content (AvgIpc) is 3.07. The van der Waals surface area contributed by atoms with E-state index in [1.165, 1.54) is 9.78 Å². The van der Waals surface area contributed by atoms with Crippen molar-refractivity contribution in [3.63, 3.8) is 0 Å². The number of anilines is 1. The minimum Gasteiger partial charge on any atom is -0.321 e. The van der Waals surface area contributed by atoms with Crippen molar-refractivity contribution >= 4 is 34.5 Å². The van der Waals surface area contributed by atoms with Crippen LogP contribution in [0.2, 0.25) is 4.34 Å². The van der Waals surface area contributed by atoms with Gasteiger partial charge in [0.15, 0.2) is 6.04 Å². The van der Waals surface area contributed by atoms with Crippen LogP contribution in [0.25, 0.3) is 0 Å². The molecule has 1 amide bonds. The average molecular weight is 391 g/mol. The van der Waals surface area contributed by atoms with Crippen LogP contribution in [0.5, 0.6) is 0 Å². The van der Waals surface area contributed by atoms with Crippen LogP contribution >= 0.6 is 22.9 Å². The topological polar surface area (TPSA) is 61.8 Å². The molecule has 1 atom stereocenters. The third-order valence-corrected chi connectivity index (χ3v) is 6.17. The lowest BCUT2D eigenvalue weighted by Gasteiger charge is -2.32. The highest BCUT2D eigenvalue weighted by atomic mass is 35.5. The number of carbonyl (C=O) groups is 1. The van der Waals surface area contributed by atoms with Gasteiger partial charge in [-0.15, -0.1) is 11.3 Å². The van der Waals surface area contributed by atoms with E-state index in [4.69, 9.17) is 16.9 Å². The smallest absolute Gasteiger partial charge is 0.282 e. The molecule has 0 aliphatic carbocycles. The van der Waals surface area contributed by atoms with Crippen LogP contribution in [0.3, 0.4) is 0 Å². The molecule has 2 heterocycles. The highest BCUT2D eigenvalue weighted by molar-refractivity contribution is 7.16. The van der Waals surface area contributed by atoms with Gasteiger partial charge in [-0.1, -0.05) is 11.6 Å². The van der Waals surface area contributed by atoms with E-state index in [2.05, 4.69) is 17.5 Å². The second kappa shape index (κ2) is 8.65. The predicted octanol–water partition coefficient (Wildman–Crippen LogP) is 0.584. The second-order valence-electron chi connectivity index (χ2n) is 6.69. The zero-order valence-corrected chi connectivity index (χ0v) is 16.3. The van der Waals surface area contributed by atoms with Gasteiger partial charge >= 0.3 is 0 Å². The van der Waals surface area contributed by atoms with Gasteiger partial charge in [-0.05, 0) is 43.3 Å². The summed E-state index contributed by atoms with van der Waals surface area (Å²) >= 11 is 7.66. The molecule has 0 spiro atoms. The lowest BCUT2D eigenvalue weighted by Crippen LogP contribution is -3.29. The van der Waals surface area contributed by atoms with E-state index < -0.39 is 0 Å². The highest BCUT2D eigenvalue weighted by Crippen LogP contribution is 2.20. The molecule has 1 aliphatic rings. The molecule has 1 aromatic heterocycles. The zero-order chi connectivity index (χ0) is 18.5. The first-order valence-corrected chi connectivity index (χ1v) is 9.98. The Hall–Kier alpha value is -1.91. The predicted molar refractivity (Wildman–Crippen MR) is 104 cm³/mol. The maximum absolute atomic E-state index is 12.5. The van der Waals surface area contributed by atoms with E-state index in [0.29, 0.717) is 5.56 Å². The Labute approximate surface area is 162 Å². The van der Waals surface area contributed by atoms with Crippen LogP contribution in [0, 0.1) is 11.3 Å². The van der Waals surface area contributed by atoms with Crippen molar-refractivity contribution in [3.05, 3.63) is 51.2 Å². The number of piperazine rings is 1. The van der Waals surface area contributed by atoms with Crippen LogP contribution in [-0.2, 0) is 11.3 Å². The summed E-state index contributed by atoms with van der Waals surface area (Å²) in [6.07, 6.45) is 0. The Morgan fingerprint density at radius 2 is 1.92 bits per heavy atom. The number of halogens is 1. The molecule has 3 rings (SSSR count). The molecule has 0 bridgehead atoms. The van der Waals surface area contributed by atoms with E-state index in [9.17, 15) is 4.79 Å². The molecule has 1 fully saturated rings. The molecule has 1 aliphatic heterocycles. The number of nitrogens with zero attached hydrogens (tertiary/aromatic N) is 1. The molecule has 1 aromatic carbocycles. The summed E-state index contributed by atoms with van der Waals surface area (Å²) in [5.74, 6) is 0.0261. The first-order valence-electron chi connectivity index (χ1n) is 8.78. The molecule has 0 saturated carbocycles. The minimum atomic E-state index is -0.0941. The van der Waals surface area contributed by atoms with Crippen molar-refractivity contribution in [1.29, 1.82) is 5.26 Å². The van der Waals surface area contributed by atoms with E-state index >= 15 is 0 Å². The van der Waals surface area contributed by atoms with Gasteiger partial charge in [-0.25, -0.2) is 0 Å². The van der Waals surface area contributed by atoms with E-state index in [1.807, 2.05) is 13.0 Å². The molecule has 0 radical (unpaired) electrons. The van der Waals surface area contributed by atoms with Crippen LogP contribution in [0.1, 0.15) is 17.4 Å². The number of hydrogen-bond acceptors (Lipinski definition) is 3. The first kappa shape index (κ1) is 18.9. The Morgan fingerprint density at radius 1 is 1.23 bits per heavy atom. The lowest BCUT2D eigenvalue weighted by atomic mass is 10.2. The molecule has 7 heteroatoms. The Morgan fingerprint density at radius 3 is 2.50 bits per heavy atom. The summed E-state index contributed by atoms with van der Waals surface area (Å²) < 4.78 is 0.844. The van der Waals surface area contributed by atoms with Crippen molar-refractivity contribution in [2.75, 3.05) is 31.5 Å². The number of nitrogens with one attached hydrogen (secondary N) is 3. The van der Waals surface area contributed by atoms with Crippen LogP contribution in [-0.4, -0.2) is 38.1 Å². The third-order valence-electron chi connectivity index (χ3n) is 4.94. The Kier molecular flexibility index (Phi) is 6.28. The van der Waals surface area contributed by atoms with Gasteiger partial charge in [0.05, 0.1) is 20.8 Å². The number of rotatable bonds is 5. The fraction of sp³-hybridized carbons (Fsp3) is 0.368. The van der Waals surface area contributed by atoms with Gasteiger partial charge in [-0.3, -0.25) is 4.79 Å². The third kappa shape index (κ3) is 4.83. The van der Waals surface area contributed by atoms with Crippen LogP contribution in [0.4, 0.5) is 5.69 Å². The normalized spacial score (nSPS) is 21.0. The number of thiophene rings is 1. The molecule has 26 heavy (non-hydrogen) atoms. The summed E-state index contributed by atoms with van der Waals surface area (Å²) in [6.45, 7) is 7.07. The first-order chi connectivity index (χ1) is 12.5. The van der Waals surface area contributed by atoms with Crippen molar-refractivity contribution < 1.29 is 14.6 Å². The molecular formula is C19H23ClN4OS+2. The van der Waals surface area contributed by atoms with E-state index in [1.54, 1.807) is 40.5 Å². The Balaban J connectivity index is 1.48. The van der Waals surface area contributed by atoms with E-state index in [-0.39, 0.29) is 11.9 Å². The van der Waals surface area contributed by atoms with Gasteiger partial charge in [0.25, 0.3) is 5.91 Å². The fourth-order valence-corrected chi connectivity index (χ4v) is 4.45. The van der Waals surface area contributed by atoms with Crippen molar-refractivity contribution in [2.24, 2.45) is 0 Å². The van der Waals surface area contributed by atoms with Crippen molar-refractivity contribution in [2.45, 2.75) is 19.5 Å². The molecule has 2 aromatic rings. The van der Waals surface area contributed by atoms with Gasteiger partial charge in [0, 0.05) is 5.69 Å². The van der Waals surface area contributed by atoms with Gasteiger partial charge < -0.3 is 15.1 Å². The molecule has 1 saturated heterocycles. The summed E-state index contributed by atoms with van der Waals surface area (Å²) in [7, 11) is 0. The van der Waals surface area contributed by atoms with Crippen LogP contribution < -0.4 is 15.1 Å². The maximum atomic E-state index is 12.5. The molecule has 0 unspecified atom stereocenters.